The van der Waals surface area contributed by atoms with Crippen LogP contribution in [-0.2, 0) is 17.8 Å². The summed E-state index contributed by atoms with van der Waals surface area (Å²) in [6.07, 6.45) is 7.13. The molecule has 1 unspecified atom stereocenters. The van der Waals surface area contributed by atoms with Gasteiger partial charge in [0.15, 0.2) is 0 Å². The first-order valence-electron chi connectivity index (χ1n) is 10.5. The third kappa shape index (κ3) is 2.40. The first-order valence-corrected chi connectivity index (χ1v) is 10.5. The number of nitrogens with one attached hydrogen (secondary N) is 1. The SMILES string of the molecule is O=C1C2=C(c3ccccc3CC23CCCC3)N2C=NNC2N1Cc1ccccc1. The molecule has 1 fully saturated rings. The lowest BCUT2D eigenvalue weighted by atomic mass is 9.66. The standard InChI is InChI=1S/C24H24N4O/c29-22-20-21(19-11-5-4-10-18(19)14-24(20)12-6-7-13-24)28-16-25-26-23(28)27(22)15-17-8-2-1-3-9-17/h1-5,8-11,16,23,26H,6-7,12-15H2. The Kier molecular flexibility index (Phi) is 3.60. The van der Waals surface area contributed by atoms with Crippen LogP contribution in [0.3, 0.4) is 0 Å². The summed E-state index contributed by atoms with van der Waals surface area (Å²) < 4.78 is 0. The van der Waals surface area contributed by atoms with Gasteiger partial charge >= 0.3 is 0 Å². The Balaban J connectivity index is 1.53. The lowest BCUT2D eigenvalue weighted by molar-refractivity contribution is -0.135. The zero-order valence-electron chi connectivity index (χ0n) is 16.3. The van der Waals surface area contributed by atoms with Crippen LogP contribution in [0.1, 0.15) is 42.4 Å². The normalized spacial score (nSPS) is 23.9. The molecule has 0 bridgehead atoms. The van der Waals surface area contributed by atoms with E-state index in [1.807, 2.05) is 29.4 Å². The number of hydrazone groups is 1. The predicted molar refractivity (Wildman–Crippen MR) is 112 cm³/mol. The zero-order chi connectivity index (χ0) is 19.4. The summed E-state index contributed by atoms with van der Waals surface area (Å²) in [6.45, 7) is 0.575. The summed E-state index contributed by atoms with van der Waals surface area (Å²) >= 11 is 0. The predicted octanol–water partition coefficient (Wildman–Crippen LogP) is 3.69. The van der Waals surface area contributed by atoms with Gasteiger partial charge in [-0.2, -0.15) is 5.10 Å². The molecule has 6 rings (SSSR count). The lowest BCUT2D eigenvalue weighted by Crippen LogP contribution is -2.59. The van der Waals surface area contributed by atoms with Crippen molar-refractivity contribution in [3.05, 3.63) is 76.9 Å². The number of hydrogen-bond acceptors (Lipinski definition) is 4. The monoisotopic (exact) mass is 384 g/mol. The molecular formula is C24H24N4O. The molecule has 0 aromatic heterocycles. The molecule has 2 aliphatic carbocycles. The van der Waals surface area contributed by atoms with Gasteiger partial charge in [0.2, 0.25) is 6.29 Å². The molecule has 2 aromatic carbocycles. The number of carbonyl (C=O) groups is 1. The Hall–Kier alpha value is -3.08. The van der Waals surface area contributed by atoms with Gasteiger partial charge in [0, 0.05) is 23.1 Å². The van der Waals surface area contributed by atoms with E-state index in [0.717, 1.165) is 36.1 Å². The van der Waals surface area contributed by atoms with E-state index in [9.17, 15) is 4.79 Å². The van der Waals surface area contributed by atoms with Crippen molar-refractivity contribution in [1.82, 2.24) is 15.2 Å². The highest BCUT2D eigenvalue weighted by atomic mass is 16.2. The number of amides is 1. The molecule has 1 spiro atoms. The van der Waals surface area contributed by atoms with E-state index >= 15 is 0 Å². The molecule has 1 atom stereocenters. The molecule has 1 saturated carbocycles. The van der Waals surface area contributed by atoms with Gasteiger partial charge in [-0.25, -0.2) is 0 Å². The zero-order valence-corrected chi connectivity index (χ0v) is 16.3. The molecule has 0 radical (unpaired) electrons. The van der Waals surface area contributed by atoms with Gasteiger partial charge in [-0.1, -0.05) is 67.4 Å². The molecule has 5 heteroatoms. The van der Waals surface area contributed by atoms with Gasteiger partial charge in [-0.15, -0.1) is 0 Å². The average Bonchev–Trinajstić information content (AvgIpc) is 3.41. The van der Waals surface area contributed by atoms with Crippen molar-refractivity contribution in [2.75, 3.05) is 0 Å². The van der Waals surface area contributed by atoms with Gasteiger partial charge in [0.25, 0.3) is 5.91 Å². The first kappa shape index (κ1) is 16.8. The molecule has 1 amide bonds. The highest BCUT2D eigenvalue weighted by Gasteiger charge is 2.52. The van der Waals surface area contributed by atoms with E-state index in [0.29, 0.717) is 6.54 Å². The highest BCUT2D eigenvalue weighted by Crippen LogP contribution is 2.55. The summed E-state index contributed by atoms with van der Waals surface area (Å²) in [5, 5.41) is 4.36. The van der Waals surface area contributed by atoms with E-state index < -0.39 is 0 Å². The van der Waals surface area contributed by atoms with Gasteiger partial charge in [-0.05, 0) is 30.4 Å². The molecular weight excluding hydrogens is 360 g/mol. The van der Waals surface area contributed by atoms with E-state index in [1.54, 1.807) is 0 Å². The van der Waals surface area contributed by atoms with E-state index in [1.165, 1.54) is 24.0 Å². The summed E-state index contributed by atoms with van der Waals surface area (Å²) in [7, 11) is 0. The number of carbonyl (C=O) groups excluding carboxylic acids is 1. The minimum absolute atomic E-state index is 0.0445. The van der Waals surface area contributed by atoms with Crippen LogP contribution >= 0.6 is 0 Å². The van der Waals surface area contributed by atoms with Gasteiger partial charge < -0.3 is 0 Å². The Morgan fingerprint density at radius 3 is 2.62 bits per heavy atom. The van der Waals surface area contributed by atoms with Crippen LogP contribution in [-0.4, -0.2) is 28.3 Å². The highest BCUT2D eigenvalue weighted by molar-refractivity contribution is 6.07. The third-order valence-corrected chi connectivity index (χ3v) is 6.99. The molecule has 1 N–H and O–H groups in total. The quantitative estimate of drug-likeness (QED) is 0.859. The van der Waals surface area contributed by atoms with Crippen LogP contribution < -0.4 is 5.43 Å². The molecule has 2 aliphatic heterocycles. The molecule has 2 heterocycles. The van der Waals surface area contributed by atoms with Crippen molar-refractivity contribution in [1.29, 1.82) is 0 Å². The van der Waals surface area contributed by atoms with Crippen molar-refractivity contribution in [3.63, 3.8) is 0 Å². The maximum Gasteiger partial charge on any atom is 0.255 e. The van der Waals surface area contributed by atoms with Crippen LogP contribution in [0.4, 0.5) is 0 Å². The fraction of sp³-hybridized carbons (Fsp3) is 0.333. The maximum atomic E-state index is 14.0. The second kappa shape index (κ2) is 6.21. The number of benzene rings is 2. The van der Waals surface area contributed by atoms with Crippen molar-refractivity contribution >= 4 is 17.9 Å². The minimum Gasteiger partial charge on any atom is -0.295 e. The largest absolute Gasteiger partial charge is 0.295 e. The topological polar surface area (TPSA) is 47.9 Å². The van der Waals surface area contributed by atoms with Gasteiger partial charge in [0.05, 0.1) is 5.70 Å². The molecule has 2 aromatic rings. The summed E-state index contributed by atoms with van der Waals surface area (Å²) in [4.78, 5) is 18.2. The van der Waals surface area contributed by atoms with Crippen LogP contribution in [0.5, 0.6) is 0 Å². The Labute approximate surface area is 170 Å². The van der Waals surface area contributed by atoms with Crippen molar-refractivity contribution < 1.29 is 4.79 Å². The summed E-state index contributed by atoms with van der Waals surface area (Å²) in [5.74, 6) is 0.166. The first-order chi connectivity index (χ1) is 14.3. The van der Waals surface area contributed by atoms with E-state index in [2.05, 4.69) is 51.8 Å². The van der Waals surface area contributed by atoms with Crippen molar-refractivity contribution in [3.8, 4) is 0 Å². The smallest absolute Gasteiger partial charge is 0.255 e. The van der Waals surface area contributed by atoms with Gasteiger partial charge in [0.1, 0.15) is 6.34 Å². The maximum absolute atomic E-state index is 14.0. The van der Waals surface area contributed by atoms with E-state index in [-0.39, 0.29) is 17.6 Å². The fourth-order valence-electron chi connectivity index (χ4n) is 5.70. The Morgan fingerprint density at radius 1 is 1.03 bits per heavy atom. The van der Waals surface area contributed by atoms with Crippen LogP contribution in [0, 0.1) is 5.41 Å². The molecule has 0 saturated heterocycles. The second-order valence-corrected chi connectivity index (χ2v) is 8.62. The number of rotatable bonds is 2. The molecule has 29 heavy (non-hydrogen) atoms. The fourth-order valence-corrected chi connectivity index (χ4v) is 5.70. The molecule has 146 valence electrons. The average molecular weight is 384 g/mol. The molecule has 4 aliphatic rings. The van der Waals surface area contributed by atoms with E-state index in [4.69, 9.17) is 0 Å². The van der Waals surface area contributed by atoms with Crippen LogP contribution in [0.25, 0.3) is 5.70 Å². The Morgan fingerprint density at radius 2 is 1.79 bits per heavy atom. The van der Waals surface area contributed by atoms with Crippen LogP contribution in [0.15, 0.2) is 65.3 Å². The summed E-state index contributed by atoms with van der Waals surface area (Å²) in [5.41, 5.74) is 8.89. The molecule has 5 nitrogen and oxygen atoms in total. The van der Waals surface area contributed by atoms with Crippen molar-refractivity contribution in [2.45, 2.75) is 44.9 Å². The Bertz CT molecular complexity index is 1040. The second-order valence-electron chi connectivity index (χ2n) is 8.62. The number of fused-ring (bicyclic) bond motifs is 5. The van der Waals surface area contributed by atoms with Crippen LogP contribution in [0.2, 0.25) is 0 Å². The van der Waals surface area contributed by atoms with Gasteiger partial charge in [-0.3, -0.25) is 20.0 Å². The number of nitrogens with zero attached hydrogens (tertiary/aromatic N) is 3. The van der Waals surface area contributed by atoms with Crippen molar-refractivity contribution in [2.24, 2.45) is 10.5 Å². The number of hydrogen-bond donors (Lipinski definition) is 1. The third-order valence-electron chi connectivity index (χ3n) is 6.99. The summed E-state index contributed by atoms with van der Waals surface area (Å²) in [6, 6.07) is 18.8. The minimum atomic E-state index is -0.272. The lowest BCUT2D eigenvalue weighted by Gasteiger charge is -2.48.